The SMILES string of the molecule is CC1Cc2c(C(C)(C)F)nn(CC(=O)NC(Cc3cc(F)cc(F)c3)c3nc(N4CC(N)CC4=O)ccc3-c3cccc4c(NS(C)(=O)=O)nn(C)c34)c2C1(F)F. The van der Waals surface area contributed by atoms with Gasteiger partial charge in [0.2, 0.25) is 21.8 Å². The van der Waals surface area contributed by atoms with Crippen molar-refractivity contribution in [3.8, 4) is 11.1 Å². The monoisotopic (exact) mass is 813 g/mol. The highest BCUT2D eigenvalue weighted by Crippen LogP contribution is 2.49. The Morgan fingerprint density at radius 3 is 2.40 bits per heavy atom. The molecule has 3 atom stereocenters. The normalized spacial score (nSPS) is 18.6. The molecule has 4 N–H and O–H groups in total. The number of benzene rings is 2. The van der Waals surface area contributed by atoms with Gasteiger partial charge in [0, 0.05) is 60.1 Å². The number of carbonyl (C=O) groups is 2. The van der Waals surface area contributed by atoms with Gasteiger partial charge in [-0.1, -0.05) is 19.1 Å². The van der Waals surface area contributed by atoms with Crippen molar-refractivity contribution in [1.29, 1.82) is 0 Å². The Kier molecular flexibility index (Phi) is 9.91. The van der Waals surface area contributed by atoms with E-state index in [9.17, 15) is 26.8 Å². The van der Waals surface area contributed by atoms with Gasteiger partial charge in [0.15, 0.2) is 5.82 Å². The van der Waals surface area contributed by atoms with Crippen molar-refractivity contribution in [3.63, 3.8) is 0 Å². The number of pyridine rings is 1. The molecule has 2 amide bonds. The number of aromatic nitrogens is 5. The summed E-state index contributed by atoms with van der Waals surface area (Å²) in [7, 11) is -2.16. The molecule has 2 aliphatic rings. The molecule has 0 spiro atoms. The highest BCUT2D eigenvalue weighted by molar-refractivity contribution is 7.92. The smallest absolute Gasteiger partial charge is 0.292 e. The van der Waals surface area contributed by atoms with Crippen LogP contribution in [0.2, 0.25) is 0 Å². The molecule has 1 aliphatic carbocycles. The first-order valence-electron chi connectivity index (χ1n) is 18.0. The number of fused-ring (bicyclic) bond motifs is 2. The van der Waals surface area contributed by atoms with Crippen LogP contribution in [0.1, 0.15) is 61.4 Å². The van der Waals surface area contributed by atoms with Crippen molar-refractivity contribution in [2.45, 2.75) is 70.3 Å². The van der Waals surface area contributed by atoms with Crippen LogP contribution in [0, 0.1) is 17.6 Å². The summed E-state index contributed by atoms with van der Waals surface area (Å²) in [5.41, 5.74) is 4.66. The lowest BCUT2D eigenvalue weighted by atomic mass is 9.94. The van der Waals surface area contributed by atoms with Crippen LogP contribution in [0.15, 0.2) is 48.5 Å². The van der Waals surface area contributed by atoms with Crippen molar-refractivity contribution in [2.75, 3.05) is 22.4 Å². The molecule has 2 aromatic carbocycles. The Morgan fingerprint density at radius 1 is 1.07 bits per heavy atom. The van der Waals surface area contributed by atoms with Gasteiger partial charge in [-0.15, -0.1) is 0 Å². The number of nitrogens with one attached hydrogen (secondary N) is 2. The predicted molar refractivity (Wildman–Crippen MR) is 201 cm³/mol. The molecule has 7 rings (SSSR count). The molecule has 1 saturated heterocycles. The van der Waals surface area contributed by atoms with Crippen LogP contribution in [0.25, 0.3) is 22.0 Å². The van der Waals surface area contributed by atoms with Gasteiger partial charge in [0.25, 0.3) is 5.92 Å². The Morgan fingerprint density at radius 2 is 1.77 bits per heavy atom. The third kappa shape index (κ3) is 7.69. The zero-order valence-electron chi connectivity index (χ0n) is 31.6. The van der Waals surface area contributed by atoms with Gasteiger partial charge >= 0.3 is 0 Å². The number of hydrogen-bond donors (Lipinski definition) is 3. The Labute approximate surface area is 324 Å². The number of aryl methyl sites for hydroxylation is 1. The molecule has 4 heterocycles. The van der Waals surface area contributed by atoms with E-state index in [1.165, 1.54) is 30.4 Å². The summed E-state index contributed by atoms with van der Waals surface area (Å²) in [6.45, 7) is 3.06. The number of carbonyl (C=O) groups excluding carboxylic acids is 2. The standard InChI is InChI=1S/C38H40F5N9O4S/c1-19-11-27-34(37(2,3)41)47-52(35(27)38(19,42)43)18-30(53)45-28(14-20-12-21(39)15-22(40)13-20)32-24(9-10-29(46-32)51-17-23(44)16-31(51)54)25-7-6-8-26-33(25)50(4)48-36(26)49-57(5,55)56/h6-10,12-13,15,19,23,28H,11,14,16-18,44H2,1-5H3,(H,45,53)(H,48,49). The molecule has 302 valence electrons. The van der Waals surface area contributed by atoms with E-state index in [-0.39, 0.29) is 65.9 Å². The van der Waals surface area contributed by atoms with E-state index in [1.807, 2.05) is 0 Å². The van der Waals surface area contributed by atoms with Crippen LogP contribution in [-0.4, -0.2) is 63.6 Å². The van der Waals surface area contributed by atoms with Gasteiger partial charge in [-0.2, -0.15) is 19.0 Å². The average Bonchev–Trinajstić information content (AvgIpc) is 3.79. The maximum Gasteiger partial charge on any atom is 0.292 e. The summed E-state index contributed by atoms with van der Waals surface area (Å²) in [6, 6.07) is 9.25. The Hall–Kier alpha value is -5.43. The van der Waals surface area contributed by atoms with Gasteiger partial charge in [0.1, 0.15) is 41.1 Å². The van der Waals surface area contributed by atoms with Crippen molar-refractivity contribution in [2.24, 2.45) is 18.7 Å². The number of nitrogens with zero attached hydrogens (tertiary/aromatic N) is 6. The highest BCUT2D eigenvalue weighted by atomic mass is 32.2. The first kappa shape index (κ1) is 39.8. The summed E-state index contributed by atoms with van der Waals surface area (Å²) in [4.78, 5) is 33.4. The van der Waals surface area contributed by atoms with Gasteiger partial charge in [-0.05, 0) is 62.6 Å². The highest BCUT2D eigenvalue weighted by Gasteiger charge is 2.52. The number of halogens is 5. The number of nitrogens with two attached hydrogens (primary N) is 1. The van der Waals surface area contributed by atoms with Crippen LogP contribution in [0.4, 0.5) is 33.6 Å². The zero-order valence-corrected chi connectivity index (χ0v) is 32.4. The minimum absolute atomic E-state index is 0.0266. The van der Waals surface area contributed by atoms with E-state index in [4.69, 9.17) is 10.7 Å². The molecule has 3 aromatic heterocycles. The van der Waals surface area contributed by atoms with Crippen molar-refractivity contribution in [3.05, 3.63) is 88.4 Å². The van der Waals surface area contributed by atoms with Crippen LogP contribution in [0.5, 0.6) is 0 Å². The molecular weight excluding hydrogens is 774 g/mol. The van der Waals surface area contributed by atoms with E-state index in [2.05, 4.69) is 20.2 Å². The van der Waals surface area contributed by atoms with Crippen LogP contribution in [0.3, 0.4) is 0 Å². The van der Waals surface area contributed by atoms with Gasteiger partial charge in [-0.25, -0.2) is 26.6 Å². The van der Waals surface area contributed by atoms with E-state index < -0.39 is 69.4 Å². The number of para-hydroxylation sites is 1. The maximum absolute atomic E-state index is 15.6. The Bertz CT molecular complexity index is 2530. The molecule has 0 radical (unpaired) electrons. The third-order valence-corrected chi connectivity index (χ3v) is 10.7. The number of amides is 2. The van der Waals surface area contributed by atoms with Crippen LogP contribution < -0.4 is 20.7 Å². The van der Waals surface area contributed by atoms with E-state index in [0.29, 0.717) is 28.1 Å². The number of hydrogen-bond acceptors (Lipinski definition) is 8. The molecule has 1 aliphatic heterocycles. The predicted octanol–water partition coefficient (Wildman–Crippen LogP) is 5.13. The number of anilines is 2. The lowest BCUT2D eigenvalue weighted by molar-refractivity contribution is -0.123. The minimum Gasteiger partial charge on any atom is -0.346 e. The lowest BCUT2D eigenvalue weighted by Crippen LogP contribution is -2.36. The molecule has 13 nitrogen and oxygen atoms in total. The van der Waals surface area contributed by atoms with Gasteiger partial charge in [-0.3, -0.25) is 28.6 Å². The molecule has 1 fully saturated rings. The van der Waals surface area contributed by atoms with E-state index in [1.54, 1.807) is 37.4 Å². The first-order valence-corrected chi connectivity index (χ1v) is 19.9. The number of rotatable bonds is 11. The molecule has 0 saturated carbocycles. The second-order valence-electron chi connectivity index (χ2n) is 15.3. The molecule has 0 bridgehead atoms. The second-order valence-corrected chi connectivity index (χ2v) is 17.0. The molecule has 5 aromatic rings. The minimum atomic E-state index is -3.75. The largest absolute Gasteiger partial charge is 0.346 e. The Balaban J connectivity index is 1.39. The first-order chi connectivity index (χ1) is 26.6. The lowest BCUT2D eigenvalue weighted by Gasteiger charge is -2.25. The van der Waals surface area contributed by atoms with Crippen LogP contribution >= 0.6 is 0 Å². The van der Waals surface area contributed by atoms with Crippen molar-refractivity contribution < 1.29 is 40.0 Å². The molecule has 57 heavy (non-hydrogen) atoms. The van der Waals surface area contributed by atoms with Gasteiger partial charge < -0.3 is 11.1 Å². The summed E-state index contributed by atoms with van der Waals surface area (Å²) in [6.07, 6.45) is 0.582. The van der Waals surface area contributed by atoms with E-state index in [0.717, 1.165) is 23.1 Å². The van der Waals surface area contributed by atoms with Crippen molar-refractivity contribution >= 4 is 44.4 Å². The summed E-state index contributed by atoms with van der Waals surface area (Å²) in [5.74, 6) is -7.40. The quantitative estimate of drug-likeness (QED) is 0.154. The fourth-order valence-electron chi connectivity index (χ4n) is 7.75. The number of alkyl halides is 3. The summed E-state index contributed by atoms with van der Waals surface area (Å²) >= 11 is 0. The zero-order chi connectivity index (χ0) is 41.4. The van der Waals surface area contributed by atoms with Crippen LogP contribution in [-0.2, 0) is 57.6 Å². The molecule has 3 unspecified atom stereocenters. The topological polar surface area (TPSA) is 170 Å². The summed E-state index contributed by atoms with van der Waals surface area (Å²) in [5, 5.41) is 11.7. The molecular formula is C38H40F5N9O4S. The fraction of sp³-hybridized carbons (Fsp3) is 0.395. The maximum atomic E-state index is 15.6. The average molecular weight is 814 g/mol. The van der Waals surface area contributed by atoms with Crippen molar-refractivity contribution in [1.82, 2.24) is 29.9 Å². The fourth-order valence-corrected chi connectivity index (χ4v) is 8.25. The van der Waals surface area contributed by atoms with E-state index >= 15 is 13.2 Å². The number of sulfonamides is 1. The third-order valence-electron chi connectivity index (χ3n) is 10.2. The van der Waals surface area contributed by atoms with Gasteiger partial charge in [0.05, 0.1) is 23.5 Å². The second kappa shape index (κ2) is 14.2. The molecule has 19 heteroatoms. The summed E-state index contributed by atoms with van der Waals surface area (Å²) < 4.78 is 105.